The van der Waals surface area contributed by atoms with Gasteiger partial charge in [-0.1, -0.05) is 12.1 Å². The summed E-state index contributed by atoms with van der Waals surface area (Å²) in [7, 11) is -0.707. The summed E-state index contributed by atoms with van der Waals surface area (Å²) in [6.45, 7) is 0. The van der Waals surface area contributed by atoms with Gasteiger partial charge in [-0.2, -0.15) is 10.9 Å². The third kappa shape index (κ3) is 1.54. The van der Waals surface area contributed by atoms with E-state index in [0.29, 0.717) is 0 Å². The van der Waals surface area contributed by atoms with E-state index >= 15 is 0 Å². The molecule has 72 valence electrons. The highest BCUT2D eigenvalue weighted by Gasteiger charge is 2.16. The Hall–Kier alpha value is -1.62. The fourth-order valence-electron chi connectivity index (χ4n) is 1.24. The average Bonchev–Trinajstić information content (AvgIpc) is 2.70. The predicted molar refractivity (Wildman–Crippen MR) is 58.0 cm³/mol. The molecule has 1 atom stereocenters. The zero-order valence-electron chi connectivity index (χ0n) is 7.20. The minimum absolute atomic E-state index is 0.177. The van der Waals surface area contributed by atoms with Crippen molar-refractivity contribution in [2.75, 3.05) is 0 Å². The Morgan fingerprint density at radius 3 is 2.79 bits per heavy atom. The molecule has 0 saturated heterocycles. The minimum atomic E-state index is -0.707. The molecule has 1 aliphatic heterocycles. The number of hydrogen-bond donors (Lipinski definition) is 1. The summed E-state index contributed by atoms with van der Waals surface area (Å²) in [4.78, 5) is 15.1. The number of para-hydroxylation sites is 1. The number of nitrogens with zero attached hydrogens (tertiary/aromatic N) is 2. The van der Waals surface area contributed by atoms with Crippen molar-refractivity contribution in [2.24, 2.45) is 4.99 Å². The summed E-state index contributed by atoms with van der Waals surface area (Å²) >= 11 is 0. The maximum Gasteiger partial charge on any atom is 0.281 e. The lowest BCUT2D eigenvalue weighted by Gasteiger charge is -2.08. The number of nitro groups is 1. The van der Waals surface area contributed by atoms with Crippen molar-refractivity contribution in [3.63, 3.8) is 0 Å². The second kappa shape index (κ2) is 3.63. The van der Waals surface area contributed by atoms with Gasteiger partial charge >= 0.3 is 0 Å². The SMILES string of the molecule is O=[N+]([O-])c1ccccc1[SH]1C=CN=C1. The zero-order chi connectivity index (χ0) is 9.97. The molecule has 0 bridgehead atoms. The van der Waals surface area contributed by atoms with Gasteiger partial charge in [0.15, 0.2) is 0 Å². The summed E-state index contributed by atoms with van der Waals surface area (Å²) in [5.74, 6) is 0. The molecule has 1 heterocycles. The van der Waals surface area contributed by atoms with E-state index in [-0.39, 0.29) is 10.6 Å². The van der Waals surface area contributed by atoms with Crippen LogP contribution in [-0.4, -0.2) is 10.5 Å². The molecule has 0 aliphatic carbocycles. The summed E-state index contributed by atoms with van der Waals surface area (Å²) in [6, 6.07) is 6.79. The van der Waals surface area contributed by atoms with E-state index in [1.165, 1.54) is 6.07 Å². The number of hydrogen-bond acceptors (Lipinski definition) is 3. The van der Waals surface area contributed by atoms with Crippen LogP contribution in [0.3, 0.4) is 0 Å². The molecule has 14 heavy (non-hydrogen) atoms. The van der Waals surface area contributed by atoms with E-state index in [1.54, 1.807) is 23.9 Å². The largest absolute Gasteiger partial charge is 0.281 e. The lowest BCUT2D eigenvalue weighted by molar-refractivity contribution is -0.387. The molecule has 5 heteroatoms. The monoisotopic (exact) mass is 208 g/mol. The van der Waals surface area contributed by atoms with Gasteiger partial charge in [-0.15, -0.1) is 0 Å². The van der Waals surface area contributed by atoms with Crippen molar-refractivity contribution < 1.29 is 4.92 Å². The maximum absolute atomic E-state index is 10.7. The quantitative estimate of drug-likeness (QED) is 0.461. The van der Waals surface area contributed by atoms with Crippen molar-refractivity contribution in [3.05, 3.63) is 46.0 Å². The van der Waals surface area contributed by atoms with E-state index in [1.807, 2.05) is 11.5 Å². The first kappa shape index (κ1) is 8.96. The van der Waals surface area contributed by atoms with Crippen molar-refractivity contribution in [3.8, 4) is 0 Å². The van der Waals surface area contributed by atoms with Gasteiger partial charge in [0.25, 0.3) is 5.69 Å². The smallest absolute Gasteiger partial charge is 0.259 e. The van der Waals surface area contributed by atoms with Gasteiger partial charge in [0.1, 0.15) is 0 Å². The lowest BCUT2D eigenvalue weighted by atomic mass is 10.3. The van der Waals surface area contributed by atoms with Gasteiger partial charge < -0.3 is 0 Å². The lowest BCUT2D eigenvalue weighted by Crippen LogP contribution is -1.92. The molecule has 0 fully saturated rings. The normalized spacial score (nSPS) is 21.3. The first-order chi connectivity index (χ1) is 6.79. The van der Waals surface area contributed by atoms with Crippen molar-refractivity contribution in [1.29, 1.82) is 0 Å². The van der Waals surface area contributed by atoms with Gasteiger partial charge in [0.2, 0.25) is 0 Å². The number of thiol groups is 1. The third-order valence-electron chi connectivity index (χ3n) is 1.86. The fraction of sp³-hybridized carbons (Fsp3) is 0. The van der Waals surface area contributed by atoms with Crippen LogP contribution < -0.4 is 0 Å². The molecule has 4 nitrogen and oxygen atoms in total. The molecule has 0 spiro atoms. The van der Waals surface area contributed by atoms with Crippen LogP contribution in [-0.2, 0) is 0 Å². The van der Waals surface area contributed by atoms with Crippen molar-refractivity contribution >= 4 is 22.1 Å². The van der Waals surface area contributed by atoms with Crippen LogP contribution in [0.5, 0.6) is 0 Å². The van der Waals surface area contributed by atoms with E-state index in [2.05, 4.69) is 4.99 Å². The number of rotatable bonds is 2. The van der Waals surface area contributed by atoms with Crippen LogP contribution >= 0.6 is 10.9 Å². The van der Waals surface area contributed by atoms with Gasteiger partial charge in [-0.3, -0.25) is 15.1 Å². The molecule has 1 aromatic carbocycles. The van der Waals surface area contributed by atoms with E-state index in [0.717, 1.165) is 4.90 Å². The minimum Gasteiger partial charge on any atom is -0.259 e. The molecule has 2 rings (SSSR count). The summed E-state index contributed by atoms with van der Waals surface area (Å²) in [6.07, 6.45) is 1.68. The Bertz CT molecular complexity index is 417. The number of nitro benzene ring substituents is 1. The first-order valence-corrected chi connectivity index (χ1v) is 5.49. The predicted octanol–water partition coefficient (Wildman–Crippen LogP) is 2.47. The molecule has 0 radical (unpaired) electrons. The Morgan fingerprint density at radius 1 is 1.36 bits per heavy atom. The molecular formula is C9H8N2O2S. The standard InChI is InChI=1S/C9H8N2O2S/c12-11(13)8-3-1-2-4-9(8)14-6-5-10-7-14/h1-7,14H. The Labute approximate surface area is 83.5 Å². The summed E-state index contributed by atoms with van der Waals surface area (Å²) in [5, 5.41) is 12.6. The molecule has 0 N–H and O–H groups in total. The van der Waals surface area contributed by atoms with Gasteiger partial charge in [-0.05, 0) is 11.5 Å². The van der Waals surface area contributed by atoms with Crippen LogP contribution in [0, 0.1) is 10.1 Å². The Balaban J connectivity index is 2.46. The number of benzene rings is 1. The van der Waals surface area contributed by atoms with E-state index < -0.39 is 10.9 Å². The highest BCUT2D eigenvalue weighted by atomic mass is 32.2. The second-order valence-electron chi connectivity index (χ2n) is 2.72. The molecular weight excluding hydrogens is 200 g/mol. The molecule has 0 aromatic heterocycles. The fourth-order valence-corrected chi connectivity index (χ4v) is 2.72. The molecule has 1 aliphatic rings. The van der Waals surface area contributed by atoms with Crippen LogP contribution in [0.4, 0.5) is 5.69 Å². The van der Waals surface area contributed by atoms with Crippen LogP contribution in [0.15, 0.2) is 45.8 Å². The molecule has 0 amide bonds. The first-order valence-electron chi connectivity index (χ1n) is 4.01. The van der Waals surface area contributed by atoms with Gasteiger partial charge in [0, 0.05) is 17.8 Å². The Kier molecular flexibility index (Phi) is 2.32. The summed E-state index contributed by atoms with van der Waals surface area (Å²) < 4.78 is 0. The van der Waals surface area contributed by atoms with E-state index in [9.17, 15) is 10.1 Å². The molecule has 1 aromatic rings. The van der Waals surface area contributed by atoms with Crippen LogP contribution in [0.2, 0.25) is 0 Å². The zero-order valence-corrected chi connectivity index (χ0v) is 8.09. The van der Waals surface area contributed by atoms with E-state index in [4.69, 9.17) is 0 Å². The molecule has 0 saturated carbocycles. The highest BCUT2D eigenvalue weighted by molar-refractivity contribution is 8.31. The second-order valence-corrected chi connectivity index (χ2v) is 4.54. The maximum atomic E-state index is 10.7. The van der Waals surface area contributed by atoms with Crippen molar-refractivity contribution in [2.45, 2.75) is 4.90 Å². The van der Waals surface area contributed by atoms with Crippen LogP contribution in [0.1, 0.15) is 0 Å². The number of aliphatic imine (C=N–C) groups is 1. The Morgan fingerprint density at radius 2 is 2.14 bits per heavy atom. The summed E-state index contributed by atoms with van der Waals surface area (Å²) in [5.41, 5.74) is 1.94. The van der Waals surface area contributed by atoms with Gasteiger partial charge in [0.05, 0.1) is 9.82 Å². The van der Waals surface area contributed by atoms with Gasteiger partial charge in [-0.25, -0.2) is 0 Å². The average molecular weight is 208 g/mol. The highest BCUT2D eigenvalue weighted by Crippen LogP contribution is 2.42. The molecule has 1 unspecified atom stereocenters. The van der Waals surface area contributed by atoms with Crippen LogP contribution in [0.25, 0.3) is 0 Å². The van der Waals surface area contributed by atoms with Crippen molar-refractivity contribution in [1.82, 2.24) is 0 Å². The topological polar surface area (TPSA) is 55.5 Å². The third-order valence-corrected chi connectivity index (χ3v) is 3.63.